The van der Waals surface area contributed by atoms with Crippen molar-refractivity contribution in [3.63, 3.8) is 0 Å². The summed E-state index contributed by atoms with van der Waals surface area (Å²) in [5.74, 6) is 0.666. The van der Waals surface area contributed by atoms with Crippen molar-refractivity contribution < 1.29 is 14.6 Å². The second-order valence-electron chi connectivity index (χ2n) is 5.66. The van der Waals surface area contributed by atoms with E-state index in [0.29, 0.717) is 18.9 Å². The highest BCUT2D eigenvalue weighted by Gasteiger charge is 2.26. The molecule has 5 nitrogen and oxygen atoms in total. The number of nitrogens with zero attached hydrogens (tertiary/aromatic N) is 2. The van der Waals surface area contributed by atoms with Gasteiger partial charge in [0.15, 0.2) is 0 Å². The fraction of sp³-hybridized carbons (Fsp3) is 0.714. The number of aromatic nitrogens is 2. The largest absolute Gasteiger partial charge is 0.481 e. The van der Waals surface area contributed by atoms with Gasteiger partial charge in [-0.05, 0) is 31.6 Å². The van der Waals surface area contributed by atoms with E-state index in [9.17, 15) is 4.79 Å². The first kappa shape index (κ1) is 12.7. The number of aryl methyl sites for hydroxylation is 1. The van der Waals surface area contributed by atoms with E-state index in [1.54, 1.807) is 0 Å². The maximum atomic E-state index is 11.0. The summed E-state index contributed by atoms with van der Waals surface area (Å²) < 4.78 is 7.52. The molecule has 19 heavy (non-hydrogen) atoms. The van der Waals surface area contributed by atoms with Crippen molar-refractivity contribution in [3.8, 4) is 0 Å². The Labute approximate surface area is 112 Å². The van der Waals surface area contributed by atoms with Crippen molar-refractivity contribution in [2.24, 2.45) is 11.8 Å². The maximum absolute atomic E-state index is 11.0. The number of fused-ring (bicyclic) bond motifs is 1. The molecule has 2 aliphatic heterocycles. The number of aliphatic carboxylic acids is 1. The van der Waals surface area contributed by atoms with E-state index in [1.807, 2.05) is 10.8 Å². The molecule has 3 rings (SSSR count). The van der Waals surface area contributed by atoms with Crippen LogP contribution in [0.5, 0.6) is 0 Å². The predicted molar refractivity (Wildman–Crippen MR) is 68.9 cm³/mol. The fourth-order valence-electron chi connectivity index (χ4n) is 3.07. The molecule has 0 aromatic carbocycles. The fourth-order valence-corrected chi connectivity index (χ4v) is 3.07. The number of ether oxygens (including phenoxy) is 1. The normalized spacial score (nSPS) is 26.9. The van der Waals surface area contributed by atoms with Crippen LogP contribution in [0.2, 0.25) is 0 Å². The lowest BCUT2D eigenvalue weighted by Crippen LogP contribution is -2.26. The van der Waals surface area contributed by atoms with Gasteiger partial charge in [0.1, 0.15) is 5.82 Å². The second-order valence-corrected chi connectivity index (χ2v) is 5.66. The van der Waals surface area contributed by atoms with E-state index in [0.717, 1.165) is 44.0 Å². The van der Waals surface area contributed by atoms with E-state index in [1.165, 1.54) is 6.42 Å². The maximum Gasteiger partial charge on any atom is 0.308 e. The van der Waals surface area contributed by atoms with Crippen LogP contribution in [0.1, 0.15) is 30.8 Å². The van der Waals surface area contributed by atoms with Crippen LogP contribution in [-0.4, -0.2) is 33.8 Å². The molecule has 2 atom stereocenters. The third-order valence-corrected chi connectivity index (χ3v) is 4.14. The van der Waals surface area contributed by atoms with E-state index in [-0.39, 0.29) is 5.92 Å². The summed E-state index contributed by atoms with van der Waals surface area (Å²) in [5, 5.41) is 9.08. The van der Waals surface area contributed by atoms with Gasteiger partial charge in [-0.1, -0.05) is 0 Å². The molecule has 0 saturated carbocycles. The van der Waals surface area contributed by atoms with Crippen molar-refractivity contribution in [3.05, 3.63) is 17.7 Å². The number of imidazole rings is 1. The third-order valence-electron chi connectivity index (χ3n) is 4.14. The molecule has 3 heterocycles. The van der Waals surface area contributed by atoms with Crippen LogP contribution in [-0.2, 0) is 28.9 Å². The smallest absolute Gasteiger partial charge is 0.308 e. The van der Waals surface area contributed by atoms with Crippen LogP contribution >= 0.6 is 0 Å². The highest BCUT2D eigenvalue weighted by atomic mass is 16.5. The van der Waals surface area contributed by atoms with Crippen LogP contribution in [0.25, 0.3) is 0 Å². The minimum atomic E-state index is -0.693. The first-order valence-electron chi connectivity index (χ1n) is 7.08. The molecule has 2 aliphatic rings. The van der Waals surface area contributed by atoms with Gasteiger partial charge in [0.25, 0.3) is 0 Å². The predicted octanol–water partition coefficient (Wildman–Crippen LogP) is 1.50. The topological polar surface area (TPSA) is 64.3 Å². The van der Waals surface area contributed by atoms with Gasteiger partial charge < -0.3 is 14.4 Å². The van der Waals surface area contributed by atoms with Crippen molar-refractivity contribution in [2.45, 2.75) is 38.6 Å². The van der Waals surface area contributed by atoms with Crippen LogP contribution in [0, 0.1) is 11.8 Å². The molecule has 1 N–H and O–H groups in total. The number of hydrogen-bond donors (Lipinski definition) is 1. The molecular formula is C14H20N2O3. The van der Waals surface area contributed by atoms with Crippen LogP contribution in [0.4, 0.5) is 0 Å². The zero-order valence-corrected chi connectivity index (χ0v) is 11.0. The van der Waals surface area contributed by atoms with Gasteiger partial charge >= 0.3 is 5.97 Å². The highest BCUT2D eigenvalue weighted by molar-refractivity contribution is 5.70. The Morgan fingerprint density at radius 1 is 1.53 bits per heavy atom. The molecule has 1 aromatic rings. The summed E-state index contributed by atoms with van der Waals surface area (Å²) in [5.41, 5.74) is 1.09. The van der Waals surface area contributed by atoms with E-state index in [4.69, 9.17) is 9.84 Å². The Bertz CT molecular complexity index is 463. The monoisotopic (exact) mass is 264 g/mol. The lowest BCUT2D eigenvalue weighted by Gasteiger charge is -2.20. The number of carboxylic acid groups (broad SMARTS) is 1. The molecule has 0 radical (unpaired) electrons. The summed E-state index contributed by atoms with van der Waals surface area (Å²) in [6.45, 7) is 2.29. The van der Waals surface area contributed by atoms with Crippen LogP contribution in [0.3, 0.4) is 0 Å². The van der Waals surface area contributed by atoms with E-state index >= 15 is 0 Å². The Balaban J connectivity index is 1.67. The quantitative estimate of drug-likeness (QED) is 0.898. The van der Waals surface area contributed by atoms with Gasteiger partial charge in [0.2, 0.25) is 0 Å². The second kappa shape index (κ2) is 5.33. The van der Waals surface area contributed by atoms with Gasteiger partial charge in [-0.2, -0.15) is 0 Å². The molecule has 1 fully saturated rings. The number of hydrogen-bond acceptors (Lipinski definition) is 3. The van der Waals surface area contributed by atoms with Crippen molar-refractivity contribution in [1.29, 1.82) is 0 Å². The molecule has 0 spiro atoms. The summed E-state index contributed by atoms with van der Waals surface area (Å²) in [6.07, 6.45) is 6.83. The van der Waals surface area contributed by atoms with Crippen LogP contribution in [0.15, 0.2) is 6.20 Å². The van der Waals surface area contributed by atoms with Crippen molar-refractivity contribution in [2.75, 3.05) is 13.2 Å². The Morgan fingerprint density at radius 2 is 2.42 bits per heavy atom. The van der Waals surface area contributed by atoms with Crippen LogP contribution < -0.4 is 0 Å². The van der Waals surface area contributed by atoms with Gasteiger partial charge in [-0.15, -0.1) is 0 Å². The van der Waals surface area contributed by atoms with Crippen molar-refractivity contribution >= 4 is 5.97 Å². The highest BCUT2D eigenvalue weighted by Crippen LogP contribution is 2.23. The minimum absolute atomic E-state index is 0.257. The molecule has 104 valence electrons. The van der Waals surface area contributed by atoms with Gasteiger partial charge in [-0.25, -0.2) is 4.98 Å². The Kier molecular flexibility index (Phi) is 3.55. The lowest BCUT2D eigenvalue weighted by molar-refractivity contribution is -0.142. The lowest BCUT2D eigenvalue weighted by atomic mass is 9.97. The molecule has 0 bridgehead atoms. The molecule has 1 aromatic heterocycles. The average Bonchev–Trinajstić information content (AvgIpc) is 2.80. The molecule has 1 saturated heterocycles. The van der Waals surface area contributed by atoms with E-state index in [2.05, 4.69) is 4.98 Å². The number of rotatable bonds is 3. The minimum Gasteiger partial charge on any atom is -0.481 e. The molecule has 2 unspecified atom stereocenters. The van der Waals surface area contributed by atoms with Crippen molar-refractivity contribution in [1.82, 2.24) is 9.55 Å². The summed E-state index contributed by atoms with van der Waals surface area (Å²) in [4.78, 5) is 15.7. The summed E-state index contributed by atoms with van der Waals surface area (Å²) in [6, 6.07) is 0. The first-order chi connectivity index (χ1) is 9.22. The Morgan fingerprint density at radius 3 is 3.16 bits per heavy atom. The van der Waals surface area contributed by atoms with E-state index < -0.39 is 5.97 Å². The molecule has 0 amide bonds. The van der Waals surface area contributed by atoms with Gasteiger partial charge in [0, 0.05) is 32.4 Å². The third kappa shape index (κ3) is 2.81. The molecule has 0 aliphatic carbocycles. The number of carbonyl (C=O) groups is 1. The average molecular weight is 264 g/mol. The zero-order chi connectivity index (χ0) is 13.2. The Hall–Kier alpha value is -1.36. The number of carboxylic acids is 1. The standard InChI is InChI=1S/C14H20N2O3/c17-14(18)11-3-4-13-15-12(8-16(13)7-11)6-10-2-1-5-19-9-10/h8,10-11H,1-7,9H2,(H,17,18). The van der Waals surface area contributed by atoms with Gasteiger partial charge in [0.05, 0.1) is 11.6 Å². The summed E-state index contributed by atoms with van der Waals surface area (Å²) >= 11 is 0. The first-order valence-corrected chi connectivity index (χ1v) is 7.08. The SMILES string of the molecule is O=C(O)C1CCc2nc(CC3CCCOC3)cn2C1. The zero-order valence-electron chi connectivity index (χ0n) is 11.0. The summed E-state index contributed by atoms with van der Waals surface area (Å²) in [7, 11) is 0. The molecular weight excluding hydrogens is 244 g/mol. The van der Waals surface area contributed by atoms with Gasteiger partial charge in [-0.3, -0.25) is 4.79 Å². The molecule has 5 heteroatoms.